The Labute approximate surface area is 218 Å². The Bertz CT molecular complexity index is 1640. The minimum Gasteiger partial charge on any atom is -0.505 e. The third-order valence-corrected chi connectivity index (χ3v) is 6.87. The molecule has 0 fully saturated rings. The van der Waals surface area contributed by atoms with Crippen LogP contribution in [0.4, 0.5) is 17.1 Å². The standard InChI is InChI=1S/C26H22ClN3O6S/c1-3-15-13-21(27)22(14-23(15)37(33,34)35)29-30-24-19-7-5-4-6-16(19)12-20(25(24)31)26(32)28-17-8-10-18(36-2)11-9-17/h4-14,31H,3H2,1-2H3,(H,28,32)(H,33,34,35). The molecule has 0 radical (unpaired) electrons. The molecule has 4 rings (SSSR count). The molecule has 0 aliphatic carbocycles. The van der Waals surface area contributed by atoms with Crippen LogP contribution >= 0.6 is 11.6 Å². The molecule has 0 atom stereocenters. The predicted octanol–water partition coefficient (Wildman–Crippen LogP) is 6.68. The van der Waals surface area contributed by atoms with Gasteiger partial charge in [0.05, 0.1) is 22.6 Å². The van der Waals surface area contributed by atoms with Gasteiger partial charge in [0.1, 0.15) is 17.1 Å². The summed E-state index contributed by atoms with van der Waals surface area (Å²) in [6.07, 6.45) is 0.309. The Morgan fingerprint density at radius 2 is 1.76 bits per heavy atom. The van der Waals surface area contributed by atoms with Crippen molar-refractivity contribution in [2.24, 2.45) is 10.2 Å². The predicted molar refractivity (Wildman–Crippen MR) is 141 cm³/mol. The lowest BCUT2D eigenvalue weighted by atomic mass is 10.0. The Hall–Kier alpha value is -3.99. The largest absolute Gasteiger partial charge is 0.505 e. The van der Waals surface area contributed by atoms with Gasteiger partial charge in [-0.15, -0.1) is 10.2 Å². The maximum atomic E-state index is 13.0. The summed E-state index contributed by atoms with van der Waals surface area (Å²) >= 11 is 6.28. The van der Waals surface area contributed by atoms with E-state index in [1.54, 1.807) is 55.5 Å². The third kappa shape index (κ3) is 5.56. The van der Waals surface area contributed by atoms with Gasteiger partial charge < -0.3 is 15.2 Å². The smallest absolute Gasteiger partial charge is 0.294 e. The number of benzene rings is 4. The number of halogens is 1. The van der Waals surface area contributed by atoms with E-state index in [9.17, 15) is 22.9 Å². The number of hydrogen-bond acceptors (Lipinski definition) is 7. The van der Waals surface area contributed by atoms with Gasteiger partial charge in [0.25, 0.3) is 16.0 Å². The van der Waals surface area contributed by atoms with Crippen LogP contribution in [0.5, 0.6) is 11.5 Å². The second kappa shape index (κ2) is 10.6. The molecule has 3 N–H and O–H groups in total. The molecular weight excluding hydrogens is 518 g/mol. The summed E-state index contributed by atoms with van der Waals surface area (Å²) in [6.45, 7) is 1.72. The topological polar surface area (TPSA) is 138 Å². The van der Waals surface area contributed by atoms with E-state index in [0.717, 1.165) is 6.07 Å². The molecule has 0 aliphatic heterocycles. The summed E-state index contributed by atoms with van der Waals surface area (Å²) < 4.78 is 38.4. The highest BCUT2D eigenvalue weighted by atomic mass is 35.5. The van der Waals surface area contributed by atoms with E-state index in [1.165, 1.54) is 19.2 Å². The summed E-state index contributed by atoms with van der Waals surface area (Å²) in [5.74, 6) is -0.384. The number of hydrogen-bond donors (Lipinski definition) is 3. The first-order valence-electron chi connectivity index (χ1n) is 11.0. The minimum absolute atomic E-state index is 0.0120. The van der Waals surface area contributed by atoms with Crippen LogP contribution in [0.2, 0.25) is 5.02 Å². The zero-order valence-corrected chi connectivity index (χ0v) is 21.3. The maximum Gasteiger partial charge on any atom is 0.294 e. The molecule has 190 valence electrons. The zero-order chi connectivity index (χ0) is 26.7. The number of amides is 1. The molecule has 0 saturated heterocycles. The number of azo groups is 1. The van der Waals surface area contributed by atoms with Gasteiger partial charge in [0.15, 0.2) is 5.75 Å². The zero-order valence-electron chi connectivity index (χ0n) is 19.8. The Morgan fingerprint density at radius 3 is 2.41 bits per heavy atom. The highest BCUT2D eigenvalue weighted by Crippen LogP contribution is 2.41. The number of aryl methyl sites for hydroxylation is 1. The molecule has 4 aromatic rings. The molecule has 0 aliphatic rings. The molecule has 37 heavy (non-hydrogen) atoms. The van der Waals surface area contributed by atoms with Crippen LogP contribution in [0.15, 0.2) is 81.9 Å². The Kier molecular flexibility index (Phi) is 7.44. The third-order valence-electron chi connectivity index (χ3n) is 5.63. The summed E-state index contributed by atoms with van der Waals surface area (Å²) in [7, 11) is -3.00. The molecule has 1 amide bonds. The number of rotatable bonds is 7. The molecule has 11 heteroatoms. The fourth-order valence-electron chi connectivity index (χ4n) is 3.75. The van der Waals surface area contributed by atoms with Crippen LogP contribution in [0.25, 0.3) is 10.8 Å². The van der Waals surface area contributed by atoms with Crippen LogP contribution in [0.1, 0.15) is 22.8 Å². The number of nitrogens with zero attached hydrogens (tertiary/aromatic N) is 2. The van der Waals surface area contributed by atoms with E-state index in [1.807, 2.05) is 0 Å². The molecule has 0 spiro atoms. The lowest BCUT2D eigenvalue weighted by molar-refractivity contribution is 0.102. The van der Waals surface area contributed by atoms with Gasteiger partial charge in [0, 0.05) is 11.1 Å². The number of aromatic hydroxyl groups is 1. The van der Waals surface area contributed by atoms with Crippen LogP contribution in [-0.4, -0.2) is 31.1 Å². The van der Waals surface area contributed by atoms with Gasteiger partial charge in [-0.2, -0.15) is 8.42 Å². The van der Waals surface area contributed by atoms with Gasteiger partial charge in [-0.1, -0.05) is 42.8 Å². The van der Waals surface area contributed by atoms with Crippen molar-refractivity contribution in [1.82, 2.24) is 0 Å². The number of ether oxygens (including phenoxy) is 1. The van der Waals surface area contributed by atoms with E-state index < -0.39 is 21.8 Å². The monoisotopic (exact) mass is 539 g/mol. The van der Waals surface area contributed by atoms with Crippen molar-refractivity contribution in [3.63, 3.8) is 0 Å². The van der Waals surface area contributed by atoms with Crippen LogP contribution < -0.4 is 10.1 Å². The van der Waals surface area contributed by atoms with E-state index in [2.05, 4.69) is 15.5 Å². The molecule has 0 bridgehead atoms. The second-order valence-corrected chi connectivity index (χ2v) is 9.76. The lowest BCUT2D eigenvalue weighted by Gasteiger charge is -2.12. The number of phenols is 1. The molecular formula is C26H22ClN3O6S. The fraction of sp³-hybridized carbons (Fsp3) is 0.115. The molecule has 4 aromatic carbocycles. The Balaban J connectivity index is 1.79. The quantitative estimate of drug-likeness (QED) is 0.177. The van der Waals surface area contributed by atoms with Gasteiger partial charge in [0.2, 0.25) is 0 Å². The van der Waals surface area contributed by atoms with Crippen molar-refractivity contribution < 1.29 is 27.6 Å². The molecule has 0 heterocycles. The van der Waals surface area contributed by atoms with Gasteiger partial charge in [-0.05, 0) is 59.8 Å². The Morgan fingerprint density at radius 1 is 1.05 bits per heavy atom. The van der Waals surface area contributed by atoms with Gasteiger partial charge in [-0.3, -0.25) is 9.35 Å². The van der Waals surface area contributed by atoms with Crippen molar-refractivity contribution in [3.8, 4) is 11.5 Å². The van der Waals surface area contributed by atoms with Crippen molar-refractivity contribution >= 4 is 55.5 Å². The summed E-state index contributed by atoms with van der Waals surface area (Å²) in [5.41, 5.74) is 0.707. The van der Waals surface area contributed by atoms with Crippen molar-refractivity contribution in [3.05, 3.63) is 82.9 Å². The first-order valence-corrected chi connectivity index (χ1v) is 12.9. The molecule has 9 nitrogen and oxygen atoms in total. The first kappa shape index (κ1) is 26.1. The maximum absolute atomic E-state index is 13.0. The molecule has 0 unspecified atom stereocenters. The van der Waals surface area contributed by atoms with Gasteiger partial charge in [-0.25, -0.2) is 0 Å². The van der Waals surface area contributed by atoms with Crippen molar-refractivity contribution in [1.29, 1.82) is 0 Å². The number of anilines is 1. The van der Waals surface area contributed by atoms with E-state index in [0.29, 0.717) is 34.2 Å². The van der Waals surface area contributed by atoms with E-state index in [4.69, 9.17) is 16.3 Å². The van der Waals surface area contributed by atoms with E-state index in [-0.39, 0.29) is 26.9 Å². The number of carbonyl (C=O) groups is 1. The minimum atomic E-state index is -4.53. The average molecular weight is 540 g/mol. The fourth-order valence-corrected chi connectivity index (χ4v) is 4.76. The lowest BCUT2D eigenvalue weighted by Crippen LogP contribution is -2.12. The van der Waals surface area contributed by atoms with Crippen LogP contribution in [0.3, 0.4) is 0 Å². The summed E-state index contributed by atoms with van der Waals surface area (Å²) in [6, 6.07) is 17.7. The summed E-state index contributed by atoms with van der Waals surface area (Å²) in [4.78, 5) is 12.7. The van der Waals surface area contributed by atoms with Crippen molar-refractivity contribution in [2.45, 2.75) is 18.2 Å². The number of fused-ring (bicyclic) bond motifs is 1. The number of methoxy groups -OCH3 is 1. The average Bonchev–Trinajstić information content (AvgIpc) is 2.88. The van der Waals surface area contributed by atoms with Crippen LogP contribution in [0, 0.1) is 0 Å². The van der Waals surface area contributed by atoms with Crippen LogP contribution in [-0.2, 0) is 16.5 Å². The molecule has 0 saturated carbocycles. The second-order valence-electron chi connectivity index (χ2n) is 7.97. The normalized spacial score (nSPS) is 11.7. The highest BCUT2D eigenvalue weighted by molar-refractivity contribution is 7.85. The number of nitrogens with one attached hydrogen (secondary N) is 1. The number of phenolic OH excluding ortho intramolecular Hbond substituents is 1. The SMILES string of the molecule is CCc1cc(Cl)c(N=Nc2c(O)c(C(=O)Nc3ccc(OC)cc3)cc3ccccc23)cc1S(=O)(=O)O. The van der Waals surface area contributed by atoms with E-state index >= 15 is 0 Å². The van der Waals surface area contributed by atoms with Crippen molar-refractivity contribution in [2.75, 3.05) is 12.4 Å². The number of carbonyl (C=O) groups excluding carboxylic acids is 1. The highest BCUT2D eigenvalue weighted by Gasteiger charge is 2.20. The first-order chi connectivity index (χ1) is 17.6. The van der Waals surface area contributed by atoms with Gasteiger partial charge >= 0.3 is 0 Å². The summed E-state index contributed by atoms with van der Waals surface area (Å²) in [5, 5.41) is 23.1. The molecule has 0 aromatic heterocycles.